The number of hydrogen-bond acceptors (Lipinski definition) is 6. The highest BCUT2D eigenvalue weighted by molar-refractivity contribution is 6.53. The lowest BCUT2D eigenvalue weighted by Crippen LogP contribution is -2.32. The van der Waals surface area contributed by atoms with Crippen molar-refractivity contribution in [3.63, 3.8) is 0 Å². The molecule has 2 N–H and O–H groups in total. The van der Waals surface area contributed by atoms with Crippen molar-refractivity contribution >= 4 is 64.0 Å². The van der Waals surface area contributed by atoms with E-state index in [-0.39, 0.29) is 22.9 Å². The second-order valence-electron chi connectivity index (χ2n) is 8.02. The summed E-state index contributed by atoms with van der Waals surface area (Å²) in [7, 11) is 0. The van der Waals surface area contributed by atoms with Gasteiger partial charge in [0, 0.05) is 22.0 Å². The third kappa shape index (κ3) is 5.50. The van der Waals surface area contributed by atoms with Gasteiger partial charge in [-0.25, -0.2) is 9.69 Å². The van der Waals surface area contributed by atoms with Crippen LogP contribution in [-0.2, 0) is 14.3 Å². The molecule has 10 heteroatoms. The van der Waals surface area contributed by atoms with E-state index in [1.807, 2.05) is 0 Å². The molecule has 1 aliphatic rings. The number of anilines is 3. The first kappa shape index (κ1) is 25.9. The largest absolute Gasteiger partial charge is 0.462 e. The van der Waals surface area contributed by atoms with E-state index in [2.05, 4.69) is 10.6 Å². The van der Waals surface area contributed by atoms with E-state index in [0.29, 0.717) is 33.2 Å². The van der Waals surface area contributed by atoms with Crippen LogP contribution in [0, 0.1) is 6.92 Å². The van der Waals surface area contributed by atoms with Gasteiger partial charge >= 0.3 is 5.97 Å². The van der Waals surface area contributed by atoms with Crippen molar-refractivity contribution in [3.05, 3.63) is 99.2 Å². The lowest BCUT2D eigenvalue weighted by molar-refractivity contribution is -0.120. The van der Waals surface area contributed by atoms with Gasteiger partial charge < -0.3 is 15.4 Å². The highest BCUT2D eigenvalue weighted by atomic mass is 35.5. The third-order valence-electron chi connectivity index (χ3n) is 5.49. The van der Waals surface area contributed by atoms with Crippen molar-refractivity contribution < 1.29 is 23.9 Å². The van der Waals surface area contributed by atoms with Gasteiger partial charge in [0.15, 0.2) is 0 Å². The number of esters is 1. The summed E-state index contributed by atoms with van der Waals surface area (Å²) in [6.07, 6.45) is 0. The number of imide groups is 1. The molecule has 0 spiro atoms. The van der Waals surface area contributed by atoms with Crippen molar-refractivity contribution in [2.75, 3.05) is 22.1 Å². The van der Waals surface area contributed by atoms with Crippen molar-refractivity contribution in [1.29, 1.82) is 0 Å². The van der Waals surface area contributed by atoms with E-state index in [9.17, 15) is 19.2 Å². The number of amides is 3. The monoisotopic (exact) mass is 537 g/mol. The molecule has 4 rings (SSSR count). The maximum absolute atomic E-state index is 13.1. The lowest BCUT2D eigenvalue weighted by Gasteiger charge is -2.18. The number of nitrogens with one attached hydrogen (secondary N) is 2. The molecule has 1 aliphatic heterocycles. The first-order valence-electron chi connectivity index (χ1n) is 11.2. The molecule has 0 aliphatic carbocycles. The maximum Gasteiger partial charge on any atom is 0.338 e. The van der Waals surface area contributed by atoms with Gasteiger partial charge in [0.1, 0.15) is 10.7 Å². The number of carbonyl (C=O) groups excluding carboxylic acids is 4. The maximum atomic E-state index is 13.1. The summed E-state index contributed by atoms with van der Waals surface area (Å²) in [6.45, 7) is 3.73. The molecule has 1 heterocycles. The molecule has 0 atom stereocenters. The quantitative estimate of drug-likeness (QED) is 0.304. The van der Waals surface area contributed by atoms with Crippen LogP contribution in [-0.4, -0.2) is 30.3 Å². The Morgan fingerprint density at radius 3 is 2.32 bits per heavy atom. The molecule has 188 valence electrons. The van der Waals surface area contributed by atoms with Crippen LogP contribution in [0.25, 0.3) is 0 Å². The normalized spacial score (nSPS) is 13.1. The summed E-state index contributed by atoms with van der Waals surface area (Å²) in [5, 5.41) is 5.70. The zero-order valence-corrected chi connectivity index (χ0v) is 21.3. The summed E-state index contributed by atoms with van der Waals surface area (Å²) < 4.78 is 4.95. The minimum atomic E-state index is -0.681. The summed E-state index contributed by atoms with van der Waals surface area (Å²) >= 11 is 12.3. The number of aryl methyl sites for hydroxylation is 1. The van der Waals surface area contributed by atoms with Gasteiger partial charge in [-0.3, -0.25) is 14.4 Å². The molecule has 0 radical (unpaired) electrons. The molecule has 0 bridgehead atoms. The predicted octanol–water partition coefficient (Wildman–Crippen LogP) is 5.51. The van der Waals surface area contributed by atoms with E-state index < -0.39 is 23.7 Å². The number of hydrogen-bond donors (Lipinski definition) is 2. The minimum absolute atomic E-state index is 0.113. The molecular formula is C27H21Cl2N3O5. The van der Waals surface area contributed by atoms with Crippen molar-refractivity contribution in [1.82, 2.24) is 0 Å². The first-order chi connectivity index (χ1) is 17.7. The van der Waals surface area contributed by atoms with Gasteiger partial charge in [-0.2, -0.15) is 0 Å². The zero-order valence-electron chi connectivity index (χ0n) is 19.8. The Kier molecular flexibility index (Phi) is 7.61. The van der Waals surface area contributed by atoms with Crippen LogP contribution in [0.3, 0.4) is 0 Å². The molecule has 0 aromatic heterocycles. The van der Waals surface area contributed by atoms with Crippen LogP contribution >= 0.6 is 23.2 Å². The van der Waals surface area contributed by atoms with Gasteiger partial charge in [-0.15, -0.1) is 0 Å². The van der Waals surface area contributed by atoms with Crippen LogP contribution in [0.2, 0.25) is 5.02 Å². The fourth-order valence-electron chi connectivity index (χ4n) is 3.64. The van der Waals surface area contributed by atoms with Crippen LogP contribution in [0.1, 0.15) is 33.2 Å². The molecule has 0 fully saturated rings. The molecule has 0 saturated heterocycles. The van der Waals surface area contributed by atoms with E-state index in [4.69, 9.17) is 27.9 Å². The Morgan fingerprint density at radius 2 is 1.62 bits per heavy atom. The SMILES string of the molecule is CCOC(=O)c1ccc(NC(=O)c2cccc(NC3=C(Cl)C(=O)N(c4cc(Cl)ccc4C)C3=O)c2)cc1. The topological polar surface area (TPSA) is 105 Å². The average Bonchev–Trinajstić information content (AvgIpc) is 3.09. The van der Waals surface area contributed by atoms with Gasteiger partial charge in [0.2, 0.25) is 0 Å². The Morgan fingerprint density at radius 1 is 0.892 bits per heavy atom. The molecule has 3 aromatic carbocycles. The number of benzene rings is 3. The molecule has 3 amide bonds. The highest BCUT2D eigenvalue weighted by Gasteiger charge is 2.39. The Labute approximate surface area is 222 Å². The van der Waals surface area contributed by atoms with Gasteiger partial charge in [-0.05, 0) is 74.0 Å². The number of nitrogens with zero attached hydrogens (tertiary/aromatic N) is 1. The van der Waals surface area contributed by atoms with E-state index in [1.165, 1.54) is 12.1 Å². The number of rotatable bonds is 7. The molecule has 8 nitrogen and oxygen atoms in total. The molecule has 3 aromatic rings. The van der Waals surface area contributed by atoms with Crippen LogP contribution in [0.4, 0.5) is 17.1 Å². The molecular weight excluding hydrogens is 517 g/mol. The smallest absolute Gasteiger partial charge is 0.338 e. The fourth-order valence-corrected chi connectivity index (χ4v) is 4.02. The number of ether oxygens (including phenoxy) is 1. The van der Waals surface area contributed by atoms with Crippen LogP contribution in [0.5, 0.6) is 0 Å². The van der Waals surface area contributed by atoms with E-state index in [0.717, 1.165) is 4.90 Å². The summed E-state index contributed by atoms with van der Waals surface area (Å²) in [4.78, 5) is 51.5. The van der Waals surface area contributed by atoms with Gasteiger partial charge in [-0.1, -0.05) is 35.3 Å². The summed E-state index contributed by atoms with van der Waals surface area (Å²) in [5.74, 6) is -2.19. The third-order valence-corrected chi connectivity index (χ3v) is 6.07. The molecule has 0 saturated carbocycles. The number of halogens is 2. The molecule has 37 heavy (non-hydrogen) atoms. The highest BCUT2D eigenvalue weighted by Crippen LogP contribution is 2.33. The van der Waals surface area contributed by atoms with Gasteiger partial charge in [0.25, 0.3) is 17.7 Å². The first-order valence-corrected chi connectivity index (χ1v) is 12.0. The Hall–Kier alpha value is -4.14. The second-order valence-corrected chi connectivity index (χ2v) is 8.84. The van der Waals surface area contributed by atoms with Crippen LogP contribution < -0.4 is 15.5 Å². The van der Waals surface area contributed by atoms with Crippen LogP contribution in [0.15, 0.2) is 77.5 Å². The van der Waals surface area contributed by atoms with Crippen molar-refractivity contribution in [2.45, 2.75) is 13.8 Å². The zero-order chi connectivity index (χ0) is 26.7. The Balaban J connectivity index is 1.50. The minimum Gasteiger partial charge on any atom is -0.462 e. The Bertz CT molecular complexity index is 1450. The number of carbonyl (C=O) groups is 4. The molecule has 0 unspecified atom stereocenters. The fraction of sp³-hybridized carbons (Fsp3) is 0.111. The van der Waals surface area contributed by atoms with E-state index in [1.54, 1.807) is 68.4 Å². The second kappa shape index (κ2) is 10.9. The summed E-state index contributed by atoms with van der Waals surface area (Å²) in [5.41, 5.74) is 2.41. The van der Waals surface area contributed by atoms with Crippen molar-refractivity contribution in [3.8, 4) is 0 Å². The summed E-state index contributed by atoms with van der Waals surface area (Å²) in [6, 6.07) is 17.5. The van der Waals surface area contributed by atoms with Crippen molar-refractivity contribution in [2.24, 2.45) is 0 Å². The lowest BCUT2D eigenvalue weighted by atomic mass is 10.1. The van der Waals surface area contributed by atoms with E-state index >= 15 is 0 Å². The average molecular weight is 538 g/mol. The standard InChI is InChI=1S/C27H21Cl2N3O5/c1-3-37-27(36)16-8-11-19(12-9-16)31-24(33)17-5-4-6-20(13-17)30-23-22(29)25(34)32(26(23)35)21-14-18(28)10-7-15(21)2/h4-14,30H,3H2,1-2H3,(H,31,33). The van der Waals surface area contributed by atoms with Gasteiger partial charge in [0.05, 0.1) is 17.9 Å². The predicted molar refractivity (Wildman–Crippen MR) is 142 cm³/mol.